The van der Waals surface area contributed by atoms with Gasteiger partial charge in [0.15, 0.2) is 17.2 Å². The fraction of sp³-hybridized carbons (Fsp3) is 0.158. The Morgan fingerprint density at radius 2 is 2.04 bits per heavy atom. The van der Waals surface area contributed by atoms with Gasteiger partial charge in [0, 0.05) is 9.13 Å². The number of methoxy groups -OCH3 is 1. The number of carbonyl (C=O) groups is 1. The van der Waals surface area contributed by atoms with Crippen LogP contribution in [0.3, 0.4) is 0 Å². The quantitative estimate of drug-likeness (QED) is 0.393. The van der Waals surface area contributed by atoms with Gasteiger partial charge in [-0.15, -0.1) is 0 Å². The zero-order valence-electron chi connectivity index (χ0n) is 13.8. The van der Waals surface area contributed by atoms with Crippen molar-refractivity contribution in [2.45, 2.75) is 6.92 Å². The van der Waals surface area contributed by atoms with E-state index in [0.29, 0.717) is 24.0 Å². The first kappa shape index (κ1) is 17.5. The number of cyclic esters (lactones) is 1. The van der Waals surface area contributed by atoms with Crippen molar-refractivity contribution in [2.24, 2.45) is 4.99 Å². The van der Waals surface area contributed by atoms with E-state index in [2.05, 4.69) is 27.6 Å². The molecule has 6 heteroatoms. The maximum absolute atomic E-state index is 12.1. The van der Waals surface area contributed by atoms with E-state index in [-0.39, 0.29) is 5.70 Å². The molecule has 0 N–H and O–H groups in total. The van der Waals surface area contributed by atoms with Gasteiger partial charge >= 0.3 is 5.97 Å². The van der Waals surface area contributed by atoms with Gasteiger partial charge in [-0.3, -0.25) is 0 Å². The lowest BCUT2D eigenvalue weighted by atomic mass is 10.1. The molecular formula is C19H16INO4. The standard InChI is InChI=1S/C19H16INO4/c1-3-24-16-8-7-12(10-17(16)23-2)9-15-19(22)25-18(21-15)13-5-4-6-14(20)11-13/h4-11H,3H2,1-2H3. The van der Waals surface area contributed by atoms with Crippen molar-refractivity contribution in [1.29, 1.82) is 0 Å². The van der Waals surface area contributed by atoms with E-state index < -0.39 is 5.97 Å². The molecule has 1 aliphatic heterocycles. The molecule has 3 rings (SSSR count). The number of nitrogens with zero attached hydrogens (tertiary/aromatic N) is 1. The minimum Gasteiger partial charge on any atom is -0.493 e. The van der Waals surface area contributed by atoms with Crippen molar-refractivity contribution >= 4 is 40.5 Å². The SMILES string of the molecule is CCOc1ccc(C=C2N=C(c3cccc(I)c3)OC2=O)cc1OC. The molecule has 0 aromatic heterocycles. The summed E-state index contributed by atoms with van der Waals surface area (Å²) in [5.74, 6) is 1.10. The Kier molecular flexibility index (Phi) is 5.37. The molecule has 2 aromatic rings. The molecular weight excluding hydrogens is 433 g/mol. The first-order valence-corrected chi connectivity index (χ1v) is 8.78. The largest absolute Gasteiger partial charge is 0.493 e. The highest BCUT2D eigenvalue weighted by Crippen LogP contribution is 2.29. The molecule has 0 atom stereocenters. The molecule has 1 aliphatic rings. The summed E-state index contributed by atoms with van der Waals surface area (Å²) in [5, 5.41) is 0. The zero-order valence-corrected chi connectivity index (χ0v) is 15.9. The maximum Gasteiger partial charge on any atom is 0.363 e. The molecule has 5 nitrogen and oxygen atoms in total. The summed E-state index contributed by atoms with van der Waals surface area (Å²) in [6.07, 6.45) is 1.67. The highest BCUT2D eigenvalue weighted by Gasteiger charge is 2.24. The molecule has 25 heavy (non-hydrogen) atoms. The number of benzene rings is 2. The molecule has 2 aromatic carbocycles. The predicted molar refractivity (Wildman–Crippen MR) is 104 cm³/mol. The second-order valence-corrected chi connectivity index (χ2v) is 6.44. The lowest BCUT2D eigenvalue weighted by Gasteiger charge is -2.09. The average Bonchev–Trinajstić information content (AvgIpc) is 2.97. The van der Waals surface area contributed by atoms with Crippen LogP contribution in [0.2, 0.25) is 0 Å². The van der Waals surface area contributed by atoms with E-state index >= 15 is 0 Å². The molecule has 0 unspecified atom stereocenters. The van der Waals surface area contributed by atoms with Crippen LogP contribution in [0.1, 0.15) is 18.1 Å². The zero-order chi connectivity index (χ0) is 17.8. The van der Waals surface area contributed by atoms with Crippen LogP contribution in [0.25, 0.3) is 6.08 Å². The number of halogens is 1. The Balaban J connectivity index is 1.91. The monoisotopic (exact) mass is 449 g/mol. The first-order valence-electron chi connectivity index (χ1n) is 7.70. The van der Waals surface area contributed by atoms with Crippen LogP contribution in [0, 0.1) is 3.57 Å². The summed E-state index contributed by atoms with van der Waals surface area (Å²) in [6.45, 7) is 2.46. The normalized spacial score (nSPS) is 15.1. The molecule has 0 radical (unpaired) electrons. The number of rotatable bonds is 5. The third kappa shape index (κ3) is 4.01. The van der Waals surface area contributed by atoms with Gasteiger partial charge in [0.1, 0.15) is 0 Å². The third-order valence-corrected chi connectivity index (χ3v) is 4.15. The number of ether oxygens (including phenoxy) is 3. The van der Waals surface area contributed by atoms with Gasteiger partial charge in [-0.1, -0.05) is 12.1 Å². The summed E-state index contributed by atoms with van der Waals surface area (Å²) in [6, 6.07) is 13.1. The van der Waals surface area contributed by atoms with Crippen molar-refractivity contribution < 1.29 is 19.0 Å². The second kappa shape index (κ2) is 7.69. The van der Waals surface area contributed by atoms with Crippen LogP contribution in [-0.4, -0.2) is 25.6 Å². The van der Waals surface area contributed by atoms with E-state index in [9.17, 15) is 4.79 Å². The topological polar surface area (TPSA) is 57.1 Å². The van der Waals surface area contributed by atoms with Crippen LogP contribution in [-0.2, 0) is 9.53 Å². The van der Waals surface area contributed by atoms with Crippen LogP contribution in [0.5, 0.6) is 11.5 Å². The molecule has 0 bridgehead atoms. The summed E-state index contributed by atoms with van der Waals surface area (Å²) in [7, 11) is 1.58. The Hall–Kier alpha value is -2.35. The lowest BCUT2D eigenvalue weighted by molar-refractivity contribution is -0.129. The summed E-state index contributed by atoms with van der Waals surface area (Å²) in [4.78, 5) is 16.4. The van der Waals surface area contributed by atoms with E-state index in [1.54, 1.807) is 25.3 Å². The smallest absolute Gasteiger partial charge is 0.363 e. The lowest BCUT2D eigenvalue weighted by Crippen LogP contribution is -2.05. The Morgan fingerprint density at radius 1 is 1.20 bits per heavy atom. The van der Waals surface area contributed by atoms with E-state index in [4.69, 9.17) is 14.2 Å². The molecule has 1 heterocycles. The molecule has 0 saturated heterocycles. The maximum atomic E-state index is 12.1. The van der Waals surface area contributed by atoms with Crippen molar-refractivity contribution in [3.8, 4) is 11.5 Å². The number of hydrogen-bond acceptors (Lipinski definition) is 5. The number of carbonyl (C=O) groups excluding carboxylic acids is 1. The predicted octanol–water partition coefficient (Wildman–Crippen LogP) is 4.04. The molecule has 0 aliphatic carbocycles. The molecule has 0 spiro atoms. The van der Waals surface area contributed by atoms with Crippen LogP contribution >= 0.6 is 22.6 Å². The van der Waals surface area contributed by atoms with Gasteiger partial charge in [-0.2, -0.15) is 0 Å². The van der Waals surface area contributed by atoms with E-state index in [0.717, 1.165) is 14.7 Å². The van der Waals surface area contributed by atoms with Gasteiger partial charge in [-0.25, -0.2) is 9.79 Å². The summed E-state index contributed by atoms with van der Waals surface area (Å²) in [5.41, 5.74) is 1.80. The number of hydrogen-bond donors (Lipinski definition) is 0. The van der Waals surface area contributed by atoms with E-state index in [1.165, 1.54) is 0 Å². The number of esters is 1. The third-order valence-electron chi connectivity index (χ3n) is 3.48. The molecule has 128 valence electrons. The van der Waals surface area contributed by atoms with Crippen LogP contribution in [0.15, 0.2) is 53.2 Å². The van der Waals surface area contributed by atoms with Gasteiger partial charge in [0.2, 0.25) is 5.90 Å². The highest BCUT2D eigenvalue weighted by atomic mass is 127. The summed E-state index contributed by atoms with van der Waals surface area (Å²) < 4.78 is 17.2. The van der Waals surface area contributed by atoms with E-state index in [1.807, 2.05) is 37.3 Å². The summed E-state index contributed by atoms with van der Waals surface area (Å²) >= 11 is 2.20. The Morgan fingerprint density at radius 3 is 2.76 bits per heavy atom. The number of aliphatic imine (C=N–C) groups is 1. The van der Waals surface area contributed by atoms with Gasteiger partial charge in [-0.05, 0) is 71.5 Å². The molecule has 0 saturated carbocycles. The van der Waals surface area contributed by atoms with Crippen molar-refractivity contribution in [3.05, 3.63) is 62.9 Å². The molecule has 0 amide bonds. The fourth-order valence-electron chi connectivity index (χ4n) is 2.36. The fourth-order valence-corrected chi connectivity index (χ4v) is 2.90. The minimum absolute atomic E-state index is 0.250. The molecule has 0 fully saturated rings. The van der Waals surface area contributed by atoms with Gasteiger partial charge in [0.25, 0.3) is 0 Å². The average molecular weight is 449 g/mol. The van der Waals surface area contributed by atoms with Gasteiger partial charge < -0.3 is 14.2 Å². The Bertz CT molecular complexity index is 873. The second-order valence-electron chi connectivity index (χ2n) is 5.19. The first-order chi connectivity index (χ1) is 12.1. The van der Waals surface area contributed by atoms with Crippen molar-refractivity contribution in [3.63, 3.8) is 0 Å². The van der Waals surface area contributed by atoms with Crippen LogP contribution < -0.4 is 9.47 Å². The highest BCUT2D eigenvalue weighted by molar-refractivity contribution is 14.1. The van der Waals surface area contributed by atoms with Crippen molar-refractivity contribution in [1.82, 2.24) is 0 Å². The van der Waals surface area contributed by atoms with Crippen LogP contribution in [0.4, 0.5) is 0 Å². The van der Waals surface area contributed by atoms with Crippen molar-refractivity contribution in [2.75, 3.05) is 13.7 Å². The Labute approximate surface area is 159 Å². The van der Waals surface area contributed by atoms with Gasteiger partial charge in [0.05, 0.1) is 13.7 Å². The minimum atomic E-state index is -0.471.